The van der Waals surface area contributed by atoms with Crippen molar-refractivity contribution in [3.63, 3.8) is 0 Å². The highest BCUT2D eigenvalue weighted by Gasteiger charge is 2.31. The van der Waals surface area contributed by atoms with Crippen LogP contribution in [0.3, 0.4) is 0 Å². The molecule has 0 aliphatic heterocycles. The lowest BCUT2D eigenvalue weighted by atomic mass is 9.84. The van der Waals surface area contributed by atoms with Crippen LogP contribution in [0.2, 0.25) is 0 Å². The lowest BCUT2D eigenvalue weighted by Crippen LogP contribution is -2.42. The Kier molecular flexibility index (Phi) is 4.53. The van der Waals surface area contributed by atoms with Crippen molar-refractivity contribution >= 4 is 26.0 Å². The number of aliphatic hydroxyl groups is 1. The number of hydrogen-bond acceptors (Lipinski definition) is 3. The number of rotatable bonds is 3. The zero-order chi connectivity index (χ0) is 15.0. The molecular weight excluding hydrogens is 349 g/mol. The fraction of sp³-hybridized carbons (Fsp3) is 0.538. The second kappa shape index (κ2) is 5.71. The maximum absolute atomic E-state index is 13.4. The van der Waals surface area contributed by atoms with E-state index in [1.807, 2.05) is 0 Å². The van der Waals surface area contributed by atoms with Crippen LogP contribution in [-0.2, 0) is 10.0 Å². The van der Waals surface area contributed by atoms with Crippen molar-refractivity contribution in [2.75, 3.05) is 0 Å². The average Bonchev–Trinajstić information content (AvgIpc) is 2.35. The van der Waals surface area contributed by atoms with Crippen LogP contribution in [0.1, 0.15) is 32.6 Å². The van der Waals surface area contributed by atoms with Crippen LogP contribution in [-0.4, -0.2) is 25.2 Å². The highest BCUT2D eigenvalue weighted by Crippen LogP contribution is 2.28. The van der Waals surface area contributed by atoms with Crippen LogP contribution in [0.4, 0.5) is 4.39 Å². The van der Waals surface area contributed by atoms with Gasteiger partial charge in [0.2, 0.25) is 10.0 Å². The summed E-state index contributed by atoms with van der Waals surface area (Å²) in [6, 6.07) is 3.50. The van der Waals surface area contributed by atoms with Gasteiger partial charge in [-0.05, 0) is 66.7 Å². The molecule has 112 valence electrons. The van der Waals surface area contributed by atoms with E-state index in [-0.39, 0.29) is 15.4 Å². The summed E-state index contributed by atoms with van der Waals surface area (Å²) in [5.74, 6) is -0.612. The molecule has 1 fully saturated rings. The van der Waals surface area contributed by atoms with Gasteiger partial charge >= 0.3 is 0 Å². The van der Waals surface area contributed by atoms with Gasteiger partial charge in [0.15, 0.2) is 0 Å². The molecule has 1 aromatic rings. The molecule has 0 aromatic heterocycles. The molecule has 0 atom stereocenters. The van der Waals surface area contributed by atoms with Gasteiger partial charge in [0.05, 0.1) is 15.0 Å². The summed E-state index contributed by atoms with van der Waals surface area (Å²) in [5, 5.41) is 9.84. The molecule has 0 bridgehead atoms. The molecule has 1 aromatic carbocycles. The second-order valence-electron chi connectivity index (χ2n) is 5.47. The van der Waals surface area contributed by atoms with E-state index in [1.54, 1.807) is 6.92 Å². The summed E-state index contributed by atoms with van der Waals surface area (Å²) in [7, 11) is -3.73. The van der Waals surface area contributed by atoms with E-state index >= 15 is 0 Å². The van der Waals surface area contributed by atoms with Gasteiger partial charge in [-0.1, -0.05) is 0 Å². The first-order valence-electron chi connectivity index (χ1n) is 6.39. The molecule has 7 heteroatoms. The highest BCUT2D eigenvalue weighted by molar-refractivity contribution is 9.10. The Morgan fingerprint density at radius 1 is 1.40 bits per heavy atom. The zero-order valence-corrected chi connectivity index (χ0v) is 13.5. The topological polar surface area (TPSA) is 66.4 Å². The maximum Gasteiger partial charge on any atom is 0.240 e. The highest BCUT2D eigenvalue weighted by atomic mass is 79.9. The Morgan fingerprint density at radius 2 is 2.00 bits per heavy atom. The van der Waals surface area contributed by atoms with Gasteiger partial charge in [-0.15, -0.1) is 0 Å². The molecule has 0 spiro atoms. The van der Waals surface area contributed by atoms with Gasteiger partial charge in [0, 0.05) is 6.04 Å². The Bertz CT molecular complexity index is 594. The lowest BCUT2D eigenvalue weighted by molar-refractivity contribution is 0.0163. The van der Waals surface area contributed by atoms with E-state index < -0.39 is 21.4 Å². The minimum absolute atomic E-state index is 0.0875. The van der Waals surface area contributed by atoms with E-state index in [0.717, 1.165) is 6.07 Å². The normalized spacial score (nSPS) is 27.5. The third-order valence-electron chi connectivity index (χ3n) is 3.59. The monoisotopic (exact) mass is 365 g/mol. The molecule has 20 heavy (non-hydrogen) atoms. The summed E-state index contributed by atoms with van der Waals surface area (Å²) in [6.45, 7) is 1.75. The van der Waals surface area contributed by atoms with E-state index in [0.29, 0.717) is 25.7 Å². The van der Waals surface area contributed by atoms with Gasteiger partial charge in [-0.2, -0.15) is 0 Å². The Balaban J connectivity index is 2.10. The maximum atomic E-state index is 13.4. The minimum atomic E-state index is -3.73. The quantitative estimate of drug-likeness (QED) is 0.864. The number of sulfonamides is 1. The van der Waals surface area contributed by atoms with Gasteiger partial charge in [0.1, 0.15) is 5.82 Å². The molecule has 1 saturated carbocycles. The molecule has 0 saturated heterocycles. The fourth-order valence-electron chi connectivity index (χ4n) is 2.29. The predicted molar refractivity (Wildman–Crippen MR) is 77.3 cm³/mol. The SMILES string of the molecule is C[C@]1(O)CC[C@@H](NS(=O)(=O)c2ccc(Br)c(F)c2)CC1. The average molecular weight is 366 g/mol. The first-order valence-corrected chi connectivity index (χ1v) is 8.67. The Labute approximate surface area is 126 Å². The first-order chi connectivity index (χ1) is 9.20. The van der Waals surface area contributed by atoms with Crippen molar-refractivity contribution in [2.24, 2.45) is 0 Å². The van der Waals surface area contributed by atoms with Crippen molar-refractivity contribution in [2.45, 2.75) is 49.1 Å². The summed E-state index contributed by atoms with van der Waals surface area (Å²) in [4.78, 5) is -0.0875. The fourth-order valence-corrected chi connectivity index (χ4v) is 3.85. The molecule has 0 heterocycles. The molecule has 4 nitrogen and oxygen atoms in total. The van der Waals surface area contributed by atoms with E-state index in [2.05, 4.69) is 20.7 Å². The molecule has 0 unspecified atom stereocenters. The van der Waals surface area contributed by atoms with Gasteiger partial charge < -0.3 is 5.11 Å². The van der Waals surface area contributed by atoms with Crippen molar-refractivity contribution in [1.82, 2.24) is 4.72 Å². The Hall–Kier alpha value is -0.500. The summed E-state index contributed by atoms with van der Waals surface area (Å²) >= 11 is 2.99. The lowest BCUT2D eigenvalue weighted by Gasteiger charge is -2.33. The van der Waals surface area contributed by atoms with Crippen LogP contribution in [0.5, 0.6) is 0 Å². The van der Waals surface area contributed by atoms with Crippen LogP contribution in [0.25, 0.3) is 0 Å². The standard InChI is InChI=1S/C13H17BrFNO3S/c1-13(17)6-4-9(5-7-13)16-20(18,19)10-2-3-11(14)12(15)8-10/h2-3,8-9,16-17H,4-7H2,1H3/t9-,13+. The van der Waals surface area contributed by atoms with Crippen LogP contribution < -0.4 is 4.72 Å². The third-order valence-corrected chi connectivity index (χ3v) is 5.75. The van der Waals surface area contributed by atoms with Crippen LogP contribution >= 0.6 is 15.9 Å². The molecule has 1 aliphatic rings. The molecule has 2 rings (SSSR count). The number of halogens is 2. The van der Waals surface area contributed by atoms with Crippen LogP contribution in [0.15, 0.2) is 27.6 Å². The minimum Gasteiger partial charge on any atom is -0.390 e. The van der Waals surface area contributed by atoms with Crippen molar-refractivity contribution < 1.29 is 17.9 Å². The zero-order valence-electron chi connectivity index (χ0n) is 11.1. The predicted octanol–water partition coefficient (Wildman–Crippen LogP) is 2.56. The number of benzene rings is 1. The summed E-state index contributed by atoms with van der Waals surface area (Å²) in [5.41, 5.74) is -0.717. The molecule has 0 radical (unpaired) electrons. The van der Waals surface area contributed by atoms with Crippen molar-refractivity contribution in [3.8, 4) is 0 Å². The van der Waals surface area contributed by atoms with E-state index in [1.165, 1.54) is 12.1 Å². The summed E-state index contributed by atoms with van der Waals surface area (Å²) < 4.78 is 40.6. The van der Waals surface area contributed by atoms with Gasteiger partial charge in [-0.3, -0.25) is 0 Å². The first kappa shape index (κ1) is 15.9. The van der Waals surface area contributed by atoms with E-state index in [9.17, 15) is 17.9 Å². The molecule has 1 aliphatic carbocycles. The van der Waals surface area contributed by atoms with Gasteiger partial charge in [-0.25, -0.2) is 17.5 Å². The number of nitrogens with one attached hydrogen (secondary N) is 1. The van der Waals surface area contributed by atoms with Crippen molar-refractivity contribution in [3.05, 3.63) is 28.5 Å². The second-order valence-corrected chi connectivity index (χ2v) is 8.04. The van der Waals surface area contributed by atoms with Crippen molar-refractivity contribution in [1.29, 1.82) is 0 Å². The molecule has 2 N–H and O–H groups in total. The third kappa shape index (κ3) is 3.78. The largest absolute Gasteiger partial charge is 0.390 e. The molecule has 0 amide bonds. The molecular formula is C13H17BrFNO3S. The summed E-state index contributed by atoms with van der Waals surface area (Å²) in [6.07, 6.45) is 2.25. The Morgan fingerprint density at radius 3 is 2.55 bits per heavy atom. The smallest absolute Gasteiger partial charge is 0.240 e. The number of hydrogen-bond donors (Lipinski definition) is 2. The van der Waals surface area contributed by atoms with Gasteiger partial charge in [0.25, 0.3) is 0 Å². The van der Waals surface area contributed by atoms with Crippen LogP contribution in [0, 0.1) is 5.82 Å². The van der Waals surface area contributed by atoms with E-state index in [4.69, 9.17) is 0 Å².